The van der Waals surface area contributed by atoms with Crippen LogP contribution < -0.4 is 0 Å². The van der Waals surface area contributed by atoms with Crippen molar-refractivity contribution in [1.82, 2.24) is 19.5 Å². The number of fused-ring (bicyclic) bond motifs is 6. The van der Waals surface area contributed by atoms with Gasteiger partial charge in [-0.2, -0.15) is 0 Å². The highest BCUT2D eigenvalue weighted by molar-refractivity contribution is 7.26. The Labute approximate surface area is 329 Å². The largest absolute Gasteiger partial charge is 0.309 e. The molecule has 56 heavy (non-hydrogen) atoms. The Morgan fingerprint density at radius 3 is 1.86 bits per heavy atom. The Morgan fingerprint density at radius 1 is 0.393 bits per heavy atom. The Kier molecular flexibility index (Phi) is 7.39. The van der Waals surface area contributed by atoms with Gasteiger partial charge in [0.1, 0.15) is 0 Å². The van der Waals surface area contributed by atoms with E-state index in [4.69, 9.17) is 16.3 Å². The molecule has 11 aromatic rings. The van der Waals surface area contributed by atoms with Crippen LogP contribution in [0.25, 0.3) is 104 Å². The molecular weight excluding hydrogens is 701 g/mol. The molecule has 3 heterocycles. The first-order chi connectivity index (χ1) is 28.2. The van der Waals surface area contributed by atoms with Crippen LogP contribution in [0.15, 0.2) is 194 Å². The fourth-order valence-corrected chi connectivity index (χ4v) is 9.20. The highest BCUT2D eigenvalue weighted by atomic mass is 32.1. The fourth-order valence-electron chi connectivity index (χ4n) is 7.98. The average molecular weight is 734 g/mol. The van der Waals surface area contributed by atoms with Gasteiger partial charge in [0, 0.05) is 47.6 Å². The van der Waals surface area contributed by atoms with E-state index in [1.54, 1.807) is 0 Å². The molecule has 0 amide bonds. The predicted molar refractivity (Wildman–Crippen MR) is 234 cm³/mol. The fraction of sp³-hybridized carbons (Fsp3) is 0. The van der Waals surface area contributed by atoms with Crippen LogP contribution in [0.1, 0.15) is 1.37 Å². The molecule has 0 atom stereocenters. The zero-order valence-electron chi connectivity index (χ0n) is 31.1. The number of thiophene rings is 1. The third-order valence-corrected chi connectivity index (χ3v) is 11.8. The maximum Gasteiger partial charge on any atom is 0.166 e. The quantitative estimate of drug-likeness (QED) is 0.171. The number of aromatic nitrogens is 4. The Balaban J connectivity index is 1.08. The molecule has 4 nitrogen and oxygen atoms in total. The lowest BCUT2D eigenvalue weighted by Gasteiger charge is -2.14. The van der Waals surface area contributed by atoms with Crippen molar-refractivity contribution in [3.8, 4) is 62.1 Å². The number of hydrogen-bond acceptors (Lipinski definition) is 4. The lowest BCUT2D eigenvalue weighted by atomic mass is 9.99. The number of hydrogen-bond donors (Lipinski definition) is 0. The minimum Gasteiger partial charge on any atom is -0.309 e. The van der Waals surface area contributed by atoms with Gasteiger partial charge in [-0.05, 0) is 64.7 Å². The summed E-state index contributed by atoms with van der Waals surface area (Å²) in [6.07, 6.45) is 0. The number of rotatable bonds is 6. The van der Waals surface area contributed by atoms with Gasteiger partial charge in [-0.1, -0.05) is 152 Å². The average Bonchev–Trinajstić information content (AvgIpc) is 3.82. The maximum absolute atomic E-state index is 8.39. The molecule has 262 valence electrons. The first-order valence-corrected chi connectivity index (χ1v) is 19.5. The zero-order chi connectivity index (χ0) is 37.9. The Bertz CT molecular complexity index is 3310. The van der Waals surface area contributed by atoms with Crippen LogP contribution in [-0.4, -0.2) is 19.5 Å². The van der Waals surface area contributed by atoms with Gasteiger partial charge < -0.3 is 4.57 Å². The minimum atomic E-state index is 0.483. The van der Waals surface area contributed by atoms with E-state index >= 15 is 0 Å². The third-order valence-electron chi connectivity index (χ3n) is 10.6. The molecule has 0 aliphatic rings. The summed E-state index contributed by atoms with van der Waals surface area (Å²) in [5.41, 5.74) is 10.5. The maximum atomic E-state index is 8.39. The lowest BCUT2D eigenvalue weighted by molar-refractivity contribution is 1.06. The molecule has 8 aromatic carbocycles. The predicted octanol–water partition coefficient (Wildman–Crippen LogP) is 13.7. The highest BCUT2D eigenvalue weighted by Crippen LogP contribution is 2.42. The molecule has 3 aromatic heterocycles. The van der Waals surface area contributed by atoms with E-state index < -0.39 is 0 Å². The molecule has 0 bridgehead atoms. The van der Waals surface area contributed by atoms with Gasteiger partial charge in [0.15, 0.2) is 17.5 Å². The molecular formula is C51H32N4S. The van der Waals surface area contributed by atoms with E-state index in [-0.39, 0.29) is 0 Å². The van der Waals surface area contributed by atoms with Gasteiger partial charge >= 0.3 is 0 Å². The molecule has 5 heteroatoms. The second-order valence-electron chi connectivity index (χ2n) is 13.9. The van der Waals surface area contributed by atoms with Crippen molar-refractivity contribution in [1.29, 1.82) is 0 Å². The third kappa shape index (κ3) is 5.40. The van der Waals surface area contributed by atoms with Crippen LogP contribution in [-0.2, 0) is 0 Å². The molecule has 0 unspecified atom stereocenters. The summed E-state index contributed by atoms with van der Waals surface area (Å²) >= 11 is 1.84. The standard InChI is InChI=1S/C51H32N4S/c1-3-15-33(16-4-1)35-29-30-47-43(32-35)41-25-14-24-38(48(41)56-47)36-19-13-20-37(31-36)50-52-49(34-17-5-2-6-18-34)53-51(54-50)42-23-9-12-28-46(42)55-44-26-10-7-21-39(44)40-22-8-11-27-45(40)55/h1-32H/i7D. The smallest absolute Gasteiger partial charge is 0.166 e. The topological polar surface area (TPSA) is 43.6 Å². The van der Waals surface area contributed by atoms with Crippen molar-refractivity contribution >= 4 is 53.3 Å². The summed E-state index contributed by atoms with van der Waals surface area (Å²) in [7, 11) is 0. The van der Waals surface area contributed by atoms with E-state index in [9.17, 15) is 0 Å². The van der Waals surface area contributed by atoms with Crippen LogP contribution in [0.5, 0.6) is 0 Å². The van der Waals surface area contributed by atoms with E-state index in [1.165, 1.54) is 36.9 Å². The van der Waals surface area contributed by atoms with E-state index in [0.29, 0.717) is 23.5 Å². The van der Waals surface area contributed by atoms with Gasteiger partial charge in [-0.15, -0.1) is 11.3 Å². The van der Waals surface area contributed by atoms with E-state index in [0.717, 1.165) is 49.7 Å². The molecule has 11 rings (SSSR count). The summed E-state index contributed by atoms with van der Waals surface area (Å²) in [4.78, 5) is 15.5. The summed E-state index contributed by atoms with van der Waals surface area (Å²) in [6, 6.07) is 65.7. The normalized spacial score (nSPS) is 11.8. The van der Waals surface area contributed by atoms with Gasteiger partial charge in [-0.25, -0.2) is 15.0 Å². The Morgan fingerprint density at radius 2 is 1.00 bits per heavy atom. The minimum absolute atomic E-state index is 0.483. The van der Waals surface area contributed by atoms with Crippen molar-refractivity contribution < 1.29 is 1.37 Å². The SMILES string of the molecule is [2H]c1ccc2c(c1)c1ccccc1n2-c1ccccc1-c1nc(-c2ccccc2)nc(-c2cccc(-c3cccc4c3sc3ccc(-c5ccccc5)cc34)c2)n1. The second kappa shape index (κ2) is 13.3. The second-order valence-corrected chi connectivity index (χ2v) is 15.0. The summed E-state index contributed by atoms with van der Waals surface area (Å²) in [6.45, 7) is 0. The molecule has 0 aliphatic carbocycles. The number of para-hydroxylation sites is 3. The van der Waals surface area contributed by atoms with Gasteiger partial charge in [0.05, 0.1) is 18.1 Å². The van der Waals surface area contributed by atoms with Crippen LogP contribution in [0.2, 0.25) is 0 Å². The summed E-state index contributed by atoms with van der Waals surface area (Å²) < 4.78 is 13.2. The first kappa shape index (κ1) is 31.2. The van der Waals surface area contributed by atoms with Crippen LogP contribution in [0.3, 0.4) is 0 Å². The summed E-state index contributed by atoms with van der Waals surface area (Å²) in [5, 5.41) is 4.66. The first-order valence-electron chi connectivity index (χ1n) is 19.2. The molecule has 0 saturated carbocycles. The molecule has 0 N–H and O–H groups in total. The van der Waals surface area contributed by atoms with Crippen molar-refractivity contribution in [2.75, 3.05) is 0 Å². The molecule has 0 spiro atoms. The van der Waals surface area contributed by atoms with Crippen LogP contribution in [0.4, 0.5) is 0 Å². The molecule has 0 fully saturated rings. The lowest BCUT2D eigenvalue weighted by Crippen LogP contribution is -2.03. The highest BCUT2D eigenvalue weighted by Gasteiger charge is 2.19. The van der Waals surface area contributed by atoms with Crippen molar-refractivity contribution in [3.63, 3.8) is 0 Å². The van der Waals surface area contributed by atoms with Crippen LogP contribution in [0, 0.1) is 0 Å². The summed E-state index contributed by atoms with van der Waals surface area (Å²) in [5.74, 6) is 1.80. The molecule has 0 radical (unpaired) electrons. The molecule has 0 saturated heterocycles. The van der Waals surface area contributed by atoms with Crippen molar-refractivity contribution in [2.24, 2.45) is 0 Å². The van der Waals surface area contributed by atoms with Crippen LogP contribution >= 0.6 is 11.3 Å². The monoisotopic (exact) mass is 733 g/mol. The number of benzene rings is 8. The van der Waals surface area contributed by atoms with Crippen molar-refractivity contribution in [2.45, 2.75) is 0 Å². The van der Waals surface area contributed by atoms with Gasteiger partial charge in [-0.3, -0.25) is 0 Å². The Hall–Kier alpha value is -7.21. The zero-order valence-corrected chi connectivity index (χ0v) is 30.9. The van der Waals surface area contributed by atoms with E-state index in [1.807, 2.05) is 65.9 Å². The van der Waals surface area contributed by atoms with Gasteiger partial charge in [0.25, 0.3) is 0 Å². The molecule has 0 aliphatic heterocycles. The van der Waals surface area contributed by atoms with Crippen molar-refractivity contribution in [3.05, 3.63) is 194 Å². The number of nitrogens with zero attached hydrogens (tertiary/aromatic N) is 4. The van der Waals surface area contributed by atoms with E-state index in [2.05, 4.69) is 138 Å². The van der Waals surface area contributed by atoms with Gasteiger partial charge in [0.2, 0.25) is 0 Å².